The van der Waals surface area contributed by atoms with E-state index >= 15 is 0 Å². The van der Waals surface area contributed by atoms with Gasteiger partial charge in [0.1, 0.15) is 0 Å². The third-order valence-corrected chi connectivity index (χ3v) is 4.53. The first-order valence-electron chi connectivity index (χ1n) is 8.03. The average Bonchev–Trinajstić information content (AvgIpc) is 2.94. The summed E-state index contributed by atoms with van der Waals surface area (Å²) >= 11 is 1.35. The van der Waals surface area contributed by atoms with Gasteiger partial charge in [-0.3, -0.25) is 9.78 Å². The van der Waals surface area contributed by atoms with E-state index in [0.717, 1.165) is 17.7 Å². The Morgan fingerprint density at radius 3 is 2.79 bits per heavy atom. The van der Waals surface area contributed by atoms with E-state index in [2.05, 4.69) is 34.3 Å². The van der Waals surface area contributed by atoms with E-state index in [1.54, 1.807) is 12.4 Å². The van der Waals surface area contributed by atoms with Gasteiger partial charge >= 0.3 is 0 Å². The lowest BCUT2D eigenvalue weighted by Crippen LogP contribution is -2.19. The van der Waals surface area contributed by atoms with Crippen LogP contribution >= 0.6 is 11.8 Å². The van der Waals surface area contributed by atoms with Gasteiger partial charge in [-0.05, 0) is 60.0 Å². The molecule has 2 heterocycles. The van der Waals surface area contributed by atoms with Crippen molar-refractivity contribution >= 4 is 34.6 Å². The molecule has 1 aromatic carbocycles. The van der Waals surface area contributed by atoms with Crippen molar-refractivity contribution in [2.75, 3.05) is 0 Å². The number of rotatable bonds is 5. The van der Waals surface area contributed by atoms with Gasteiger partial charge in [-0.25, -0.2) is 4.99 Å². The van der Waals surface area contributed by atoms with E-state index in [0.29, 0.717) is 10.1 Å². The molecule has 2 aromatic rings. The second kappa shape index (κ2) is 7.93. The first-order valence-corrected chi connectivity index (χ1v) is 8.85. The molecule has 24 heavy (non-hydrogen) atoms. The zero-order chi connectivity index (χ0) is 16.8. The Hall–Kier alpha value is -2.40. The van der Waals surface area contributed by atoms with Gasteiger partial charge in [-0.2, -0.15) is 0 Å². The summed E-state index contributed by atoms with van der Waals surface area (Å²) in [6, 6.07) is 11.9. The number of aryl methyl sites for hydroxylation is 1. The average molecular weight is 337 g/mol. The summed E-state index contributed by atoms with van der Waals surface area (Å²) in [7, 11) is 0. The van der Waals surface area contributed by atoms with Gasteiger partial charge in [-0.1, -0.05) is 31.5 Å². The van der Waals surface area contributed by atoms with E-state index in [-0.39, 0.29) is 5.91 Å². The molecule has 3 rings (SSSR count). The summed E-state index contributed by atoms with van der Waals surface area (Å²) in [4.78, 5) is 21.2. The number of carbonyl (C=O) groups is 1. The predicted octanol–water partition coefficient (Wildman–Crippen LogP) is 4.32. The quantitative estimate of drug-likeness (QED) is 0.827. The fourth-order valence-electron chi connectivity index (χ4n) is 2.33. The second-order valence-corrected chi connectivity index (χ2v) is 6.57. The summed E-state index contributed by atoms with van der Waals surface area (Å²) in [5.41, 5.74) is 3.07. The second-order valence-electron chi connectivity index (χ2n) is 5.54. The topological polar surface area (TPSA) is 54.4 Å². The molecule has 0 bridgehead atoms. The van der Waals surface area contributed by atoms with Crippen molar-refractivity contribution in [1.29, 1.82) is 0 Å². The molecule has 4 nitrogen and oxygen atoms in total. The van der Waals surface area contributed by atoms with Crippen LogP contribution in [0.2, 0.25) is 0 Å². The molecule has 1 saturated heterocycles. The van der Waals surface area contributed by atoms with Crippen molar-refractivity contribution in [3.63, 3.8) is 0 Å². The Kier molecular flexibility index (Phi) is 5.43. The number of hydrogen-bond acceptors (Lipinski definition) is 4. The van der Waals surface area contributed by atoms with Crippen LogP contribution in [0, 0.1) is 0 Å². The minimum Gasteiger partial charge on any atom is -0.300 e. The molecule has 0 unspecified atom stereocenters. The van der Waals surface area contributed by atoms with Gasteiger partial charge in [0, 0.05) is 12.4 Å². The highest BCUT2D eigenvalue weighted by Gasteiger charge is 2.23. The number of benzene rings is 1. The highest BCUT2D eigenvalue weighted by atomic mass is 32.2. The van der Waals surface area contributed by atoms with Crippen LogP contribution in [-0.4, -0.2) is 16.1 Å². The predicted molar refractivity (Wildman–Crippen MR) is 100 cm³/mol. The molecule has 1 aliphatic heterocycles. The van der Waals surface area contributed by atoms with Crippen molar-refractivity contribution in [3.05, 3.63) is 64.8 Å². The maximum atomic E-state index is 12.1. The van der Waals surface area contributed by atoms with Crippen molar-refractivity contribution in [2.45, 2.75) is 26.2 Å². The highest BCUT2D eigenvalue weighted by Crippen LogP contribution is 2.28. The van der Waals surface area contributed by atoms with Crippen molar-refractivity contribution in [1.82, 2.24) is 10.3 Å². The van der Waals surface area contributed by atoms with Gasteiger partial charge in [0.2, 0.25) is 0 Å². The van der Waals surface area contributed by atoms with Crippen LogP contribution in [0.4, 0.5) is 5.69 Å². The SMILES string of the molecule is CCCCc1ccc(N=C2NC(=O)/C(=C/c3cccnc3)S2)cc1. The number of nitrogens with zero attached hydrogens (tertiary/aromatic N) is 2. The van der Waals surface area contributed by atoms with Crippen molar-refractivity contribution < 1.29 is 4.79 Å². The zero-order valence-corrected chi connectivity index (χ0v) is 14.3. The Morgan fingerprint density at radius 2 is 2.08 bits per heavy atom. The number of carbonyl (C=O) groups excluding carboxylic acids is 1. The minimum atomic E-state index is -0.123. The summed E-state index contributed by atoms with van der Waals surface area (Å²) < 4.78 is 0. The van der Waals surface area contributed by atoms with Crippen LogP contribution in [0.5, 0.6) is 0 Å². The summed E-state index contributed by atoms with van der Waals surface area (Å²) in [6.45, 7) is 2.19. The molecule has 1 amide bonds. The van der Waals surface area contributed by atoms with Crippen LogP contribution in [-0.2, 0) is 11.2 Å². The van der Waals surface area contributed by atoms with E-state index in [1.165, 1.54) is 30.2 Å². The van der Waals surface area contributed by atoms with E-state index < -0.39 is 0 Å². The molecule has 0 aliphatic carbocycles. The number of thioether (sulfide) groups is 1. The van der Waals surface area contributed by atoms with E-state index in [4.69, 9.17) is 0 Å². The molecule has 0 radical (unpaired) electrons. The molecule has 1 aromatic heterocycles. The fourth-order valence-corrected chi connectivity index (χ4v) is 3.17. The van der Waals surface area contributed by atoms with E-state index in [1.807, 2.05) is 30.3 Å². The van der Waals surface area contributed by atoms with Crippen molar-refractivity contribution in [3.8, 4) is 0 Å². The Labute approximate surface area is 146 Å². The van der Waals surface area contributed by atoms with Crippen LogP contribution < -0.4 is 5.32 Å². The van der Waals surface area contributed by atoms with Gasteiger partial charge in [-0.15, -0.1) is 0 Å². The number of amides is 1. The Morgan fingerprint density at radius 1 is 1.25 bits per heavy atom. The normalized spacial score (nSPS) is 17.5. The number of aromatic nitrogens is 1. The lowest BCUT2D eigenvalue weighted by Gasteiger charge is -2.01. The number of nitrogens with one attached hydrogen (secondary N) is 1. The first kappa shape index (κ1) is 16.5. The Bertz CT molecular complexity index is 767. The molecule has 0 atom stereocenters. The van der Waals surface area contributed by atoms with E-state index in [9.17, 15) is 4.79 Å². The minimum absolute atomic E-state index is 0.123. The van der Waals surface area contributed by atoms with Gasteiger partial charge in [0.05, 0.1) is 10.6 Å². The van der Waals surface area contributed by atoms with Crippen LogP contribution in [0.3, 0.4) is 0 Å². The molecular formula is C19H19N3OS. The maximum Gasteiger partial charge on any atom is 0.264 e. The fraction of sp³-hybridized carbons (Fsp3) is 0.211. The van der Waals surface area contributed by atoms with Gasteiger partial charge < -0.3 is 5.32 Å². The molecule has 1 aliphatic rings. The standard InChI is InChI=1S/C19H19N3OS/c1-2-3-5-14-7-9-16(10-8-14)21-19-22-18(23)17(24-19)12-15-6-4-11-20-13-15/h4,6-13H,2-3,5H2,1H3,(H,21,22,23)/b17-12-. The number of pyridine rings is 1. The molecule has 5 heteroatoms. The lowest BCUT2D eigenvalue weighted by molar-refractivity contribution is -0.115. The molecule has 0 saturated carbocycles. The third-order valence-electron chi connectivity index (χ3n) is 3.62. The summed E-state index contributed by atoms with van der Waals surface area (Å²) in [6.07, 6.45) is 8.74. The highest BCUT2D eigenvalue weighted by molar-refractivity contribution is 8.18. The van der Waals surface area contributed by atoms with Crippen LogP contribution in [0.15, 0.2) is 58.7 Å². The molecular weight excluding hydrogens is 318 g/mol. The number of unbranched alkanes of at least 4 members (excludes halogenated alkanes) is 1. The van der Waals surface area contributed by atoms with Crippen LogP contribution in [0.25, 0.3) is 6.08 Å². The van der Waals surface area contributed by atoms with Gasteiger partial charge in [0.25, 0.3) is 5.91 Å². The smallest absolute Gasteiger partial charge is 0.264 e. The van der Waals surface area contributed by atoms with Crippen molar-refractivity contribution in [2.24, 2.45) is 4.99 Å². The summed E-state index contributed by atoms with van der Waals surface area (Å²) in [5, 5.41) is 3.41. The van der Waals surface area contributed by atoms with Crippen LogP contribution in [0.1, 0.15) is 30.9 Å². The maximum absolute atomic E-state index is 12.1. The zero-order valence-electron chi connectivity index (χ0n) is 13.5. The number of hydrogen-bond donors (Lipinski definition) is 1. The number of amidine groups is 1. The largest absolute Gasteiger partial charge is 0.300 e. The van der Waals surface area contributed by atoms with Gasteiger partial charge in [0.15, 0.2) is 5.17 Å². The molecule has 1 N–H and O–H groups in total. The Balaban J connectivity index is 1.71. The third kappa shape index (κ3) is 4.32. The molecule has 0 spiro atoms. The first-order chi connectivity index (χ1) is 11.7. The number of aliphatic imine (C=N–C) groups is 1. The molecule has 122 valence electrons. The lowest BCUT2D eigenvalue weighted by atomic mass is 10.1. The monoisotopic (exact) mass is 337 g/mol. The summed E-state index contributed by atoms with van der Waals surface area (Å²) in [5.74, 6) is -0.123. The molecule has 1 fully saturated rings.